The summed E-state index contributed by atoms with van der Waals surface area (Å²) >= 11 is 0. The number of carbonyl (C=O) groups excluding carboxylic acids is 1. The zero-order valence-electron chi connectivity index (χ0n) is 7.72. The molecule has 1 amide bonds. The molecule has 1 aliphatic heterocycles. The summed E-state index contributed by atoms with van der Waals surface area (Å²) < 4.78 is 10.2. The Labute approximate surface area is 72.2 Å². The molecule has 4 nitrogen and oxygen atoms in total. The van der Waals surface area contributed by atoms with Crippen molar-refractivity contribution in [2.45, 2.75) is 32.4 Å². The van der Waals surface area contributed by atoms with Gasteiger partial charge in [0.25, 0.3) is 0 Å². The topological polar surface area (TPSA) is 47.6 Å². The second-order valence-electron chi connectivity index (χ2n) is 3.86. The fourth-order valence-electron chi connectivity index (χ4n) is 0.867. The molecule has 4 heteroatoms. The molecule has 0 bridgehead atoms. The van der Waals surface area contributed by atoms with Crippen LogP contribution >= 0.6 is 0 Å². The lowest BCUT2D eigenvalue weighted by Crippen LogP contribution is -2.34. The molecule has 12 heavy (non-hydrogen) atoms. The molecule has 0 radical (unpaired) electrons. The molecule has 0 aliphatic carbocycles. The van der Waals surface area contributed by atoms with Crippen molar-refractivity contribution in [2.75, 3.05) is 13.2 Å². The highest BCUT2D eigenvalue weighted by atomic mass is 16.6. The number of hydrogen-bond donors (Lipinski definition) is 1. The van der Waals surface area contributed by atoms with Crippen molar-refractivity contribution in [1.82, 2.24) is 5.32 Å². The minimum Gasteiger partial charge on any atom is -0.447 e. The van der Waals surface area contributed by atoms with E-state index in [1.54, 1.807) is 0 Å². The monoisotopic (exact) mass is 173 g/mol. The van der Waals surface area contributed by atoms with Gasteiger partial charge in [0, 0.05) is 0 Å². The summed E-state index contributed by atoms with van der Waals surface area (Å²) in [5.41, 5.74) is -0.159. The van der Waals surface area contributed by atoms with E-state index in [-0.39, 0.29) is 17.7 Å². The number of carbonyl (C=O) groups is 1. The van der Waals surface area contributed by atoms with E-state index in [4.69, 9.17) is 9.47 Å². The van der Waals surface area contributed by atoms with Crippen LogP contribution in [0.2, 0.25) is 0 Å². The molecule has 70 valence electrons. The molecule has 1 fully saturated rings. The number of amides is 1. The van der Waals surface area contributed by atoms with E-state index in [0.717, 1.165) is 0 Å². The predicted octanol–water partition coefficient (Wildman–Crippen LogP) is 0.910. The van der Waals surface area contributed by atoms with Gasteiger partial charge in [0.05, 0.1) is 18.2 Å². The summed E-state index contributed by atoms with van der Waals surface area (Å²) in [4.78, 5) is 10.6. The van der Waals surface area contributed by atoms with Crippen molar-refractivity contribution in [1.29, 1.82) is 0 Å². The molecule has 0 spiro atoms. The van der Waals surface area contributed by atoms with Gasteiger partial charge in [-0.3, -0.25) is 0 Å². The first kappa shape index (κ1) is 9.32. The zero-order valence-corrected chi connectivity index (χ0v) is 7.72. The predicted molar refractivity (Wildman–Crippen MR) is 44.0 cm³/mol. The van der Waals surface area contributed by atoms with Gasteiger partial charge in [0.1, 0.15) is 6.61 Å². The van der Waals surface area contributed by atoms with Crippen molar-refractivity contribution >= 4 is 6.09 Å². The van der Waals surface area contributed by atoms with Crippen molar-refractivity contribution < 1.29 is 14.3 Å². The van der Waals surface area contributed by atoms with Gasteiger partial charge >= 0.3 is 6.09 Å². The van der Waals surface area contributed by atoms with Crippen LogP contribution in [0.4, 0.5) is 4.79 Å². The highest BCUT2D eigenvalue weighted by Crippen LogP contribution is 2.08. The molecule has 1 aliphatic rings. The van der Waals surface area contributed by atoms with Crippen LogP contribution in [-0.2, 0) is 9.47 Å². The average molecular weight is 173 g/mol. The number of ether oxygens (including phenoxy) is 2. The summed E-state index contributed by atoms with van der Waals surface area (Å²) in [7, 11) is 0. The first-order valence-corrected chi connectivity index (χ1v) is 4.04. The molecular weight excluding hydrogens is 158 g/mol. The SMILES string of the molecule is CC(C)(C)OC[C@H]1COC(=O)N1. The highest BCUT2D eigenvalue weighted by Gasteiger charge is 2.24. The smallest absolute Gasteiger partial charge is 0.407 e. The molecule has 0 saturated carbocycles. The number of alkyl carbamates (subject to hydrolysis) is 1. The van der Waals surface area contributed by atoms with Gasteiger partial charge in [-0.25, -0.2) is 4.79 Å². The van der Waals surface area contributed by atoms with Crippen molar-refractivity contribution in [3.8, 4) is 0 Å². The maximum absolute atomic E-state index is 10.6. The van der Waals surface area contributed by atoms with E-state index in [1.165, 1.54) is 0 Å². The van der Waals surface area contributed by atoms with Gasteiger partial charge < -0.3 is 14.8 Å². The maximum atomic E-state index is 10.6. The minimum absolute atomic E-state index is 0.0109. The molecule has 0 aromatic heterocycles. The number of nitrogens with one attached hydrogen (secondary N) is 1. The van der Waals surface area contributed by atoms with E-state index in [1.807, 2.05) is 20.8 Å². The van der Waals surface area contributed by atoms with Crippen LogP contribution in [0.15, 0.2) is 0 Å². The van der Waals surface area contributed by atoms with Gasteiger partial charge in [-0.05, 0) is 20.8 Å². The summed E-state index contributed by atoms with van der Waals surface area (Å²) in [6.07, 6.45) is -0.350. The Hall–Kier alpha value is -0.770. The van der Waals surface area contributed by atoms with E-state index in [2.05, 4.69) is 5.32 Å². The Balaban J connectivity index is 2.20. The Kier molecular flexibility index (Phi) is 2.57. The zero-order chi connectivity index (χ0) is 9.19. The normalized spacial score (nSPS) is 23.6. The van der Waals surface area contributed by atoms with Gasteiger partial charge in [0.15, 0.2) is 0 Å². The third-order valence-electron chi connectivity index (χ3n) is 1.46. The van der Waals surface area contributed by atoms with Crippen LogP contribution in [0.5, 0.6) is 0 Å². The summed E-state index contributed by atoms with van der Waals surface area (Å²) in [5.74, 6) is 0. The van der Waals surface area contributed by atoms with Crippen LogP contribution in [0.25, 0.3) is 0 Å². The van der Waals surface area contributed by atoms with Crippen LogP contribution < -0.4 is 5.32 Å². The molecule has 1 rings (SSSR count). The molecular formula is C8H15NO3. The first-order chi connectivity index (χ1) is 5.47. The molecule has 0 unspecified atom stereocenters. The Morgan fingerprint density at radius 2 is 2.33 bits per heavy atom. The van der Waals surface area contributed by atoms with Crippen molar-refractivity contribution in [2.24, 2.45) is 0 Å². The summed E-state index contributed by atoms with van der Waals surface area (Å²) in [6.45, 7) is 6.85. The molecule has 0 aromatic carbocycles. The Morgan fingerprint density at radius 3 is 2.75 bits per heavy atom. The third-order valence-corrected chi connectivity index (χ3v) is 1.46. The van der Waals surface area contributed by atoms with Gasteiger partial charge in [-0.2, -0.15) is 0 Å². The highest BCUT2D eigenvalue weighted by molar-refractivity contribution is 5.69. The second-order valence-corrected chi connectivity index (χ2v) is 3.86. The average Bonchev–Trinajstić information content (AvgIpc) is 2.30. The maximum Gasteiger partial charge on any atom is 0.407 e. The lowest BCUT2D eigenvalue weighted by atomic mass is 10.2. The minimum atomic E-state index is -0.350. The Morgan fingerprint density at radius 1 is 1.67 bits per heavy atom. The fraction of sp³-hybridized carbons (Fsp3) is 0.875. The quantitative estimate of drug-likeness (QED) is 0.675. The van der Waals surface area contributed by atoms with Crippen LogP contribution in [-0.4, -0.2) is 30.9 Å². The van der Waals surface area contributed by atoms with E-state index >= 15 is 0 Å². The van der Waals surface area contributed by atoms with Gasteiger partial charge in [-0.1, -0.05) is 0 Å². The number of hydrogen-bond acceptors (Lipinski definition) is 3. The van der Waals surface area contributed by atoms with E-state index in [9.17, 15) is 4.79 Å². The van der Waals surface area contributed by atoms with Gasteiger partial charge in [0.2, 0.25) is 0 Å². The summed E-state index contributed by atoms with van der Waals surface area (Å²) in [6, 6.07) is 0.0109. The van der Waals surface area contributed by atoms with E-state index in [0.29, 0.717) is 13.2 Å². The lowest BCUT2D eigenvalue weighted by molar-refractivity contribution is -0.0130. The Bertz CT molecular complexity index is 174. The number of rotatable bonds is 2. The van der Waals surface area contributed by atoms with Crippen molar-refractivity contribution in [3.63, 3.8) is 0 Å². The molecule has 1 N–H and O–H groups in total. The van der Waals surface area contributed by atoms with Gasteiger partial charge in [-0.15, -0.1) is 0 Å². The molecule has 1 saturated heterocycles. The molecule has 1 heterocycles. The largest absolute Gasteiger partial charge is 0.447 e. The molecule has 0 aromatic rings. The standard InChI is InChI=1S/C8H15NO3/c1-8(2,3)12-5-6-4-11-7(10)9-6/h6H,4-5H2,1-3H3,(H,9,10)/t6-/m1/s1. The first-order valence-electron chi connectivity index (χ1n) is 4.04. The van der Waals surface area contributed by atoms with Crippen LogP contribution in [0.3, 0.4) is 0 Å². The van der Waals surface area contributed by atoms with E-state index < -0.39 is 0 Å². The number of cyclic esters (lactones) is 1. The second kappa shape index (κ2) is 3.31. The summed E-state index contributed by atoms with van der Waals surface area (Å²) in [5, 5.41) is 2.64. The van der Waals surface area contributed by atoms with Crippen LogP contribution in [0, 0.1) is 0 Å². The van der Waals surface area contributed by atoms with Crippen molar-refractivity contribution in [3.05, 3.63) is 0 Å². The van der Waals surface area contributed by atoms with Crippen LogP contribution in [0.1, 0.15) is 20.8 Å². The molecule has 1 atom stereocenters. The fourth-order valence-corrected chi connectivity index (χ4v) is 0.867. The third kappa shape index (κ3) is 3.09. The lowest BCUT2D eigenvalue weighted by Gasteiger charge is -2.21.